The van der Waals surface area contributed by atoms with Crippen LogP contribution in [0.15, 0.2) is 0 Å². The van der Waals surface area contributed by atoms with Gasteiger partial charge in [0.1, 0.15) is 0 Å². The molecule has 0 aliphatic carbocycles. The molecule has 0 unspecified atom stereocenters. The van der Waals surface area contributed by atoms with Crippen molar-refractivity contribution in [1.82, 2.24) is 0 Å². The molecule has 0 atom stereocenters. The summed E-state index contributed by atoms with van der Waals surface area (Å²) in [6, 6.07) is 0. The fourth-order valence-corrected chi connectivity index (χ4v) is 0. The minimum atomic E-state index is 0. The molecule has 1 radical (unpaired) electrons. The monoisotopic (exact) mass is 249 g/mol. The zero-order chi connectivity index (χ0) is 2.00. The summed E-state index contributed by atoms with van der Waals surface area (Å²) >= 11 is 3.19. The molecule has 0 fully saturated rings. The molecular formula is HCuFeMnNiO. The third kappa shape index (κ3) is 23.9. The molecule has 0 aliphatic heterocycles. The normalized spacial score (nSPS) is 1.40. The first-order valence-corrected chi connectivity index (χ1v) is 0.556. The Bertz CT molecular complexity index is 11.6. The Morgan fingerprint density at radius 2 is 1.20 bits per heavy atom. The van der Waals surface area contributed by atoms with Crippen molar-refractivity contribution >= 4 is 0 Å². The van der Waals surface area contributed by atoms with Gasteiger partial charge >= 0.3 is 20.5 Å². The topological polar surface area (TPSA) is 20.2 Å². The van der Waals surface area contributed by atoms with Crippen LogP contribution in [-0.2, 0) is 67.0 Å². The molecular weight excluding hydrogens is 249 g/mol. The molecule has 5 heteroatoms. The van der Waals surface area contributed by atoms with Crippen LogP contribution in [0.1, 0.15) is 0 Å². The van der Waals surface area contributed by atoms with Crippen molar-refractivity contribution in [3.63, 3.8) is 0 Å². The van der Waals surface area contributed by atoms with Gasteiger partial charge in [0.05, 0.1) is 0 Å². The average molecular weight is 250 g/mol. The Morgan fingerprint density at radius 3 is 1.20 bits per heavy atom. The number of rotatable bonds is 0. The summed E-state index contributed by atoms with van der Waals surface area (Å²) in [7, 11) is 0. The molecule has 0 heterocycles. The van der Waals surface area contributed by atoms with E-state index in [0.717, 1.165) is 0 Å². The summed E-state index contributed by atoms with van der Waals surface area (Å²) in [5.74, 6) is 0. The van der Waals surface area contributed by atoms with Gasteiger partial charge in [0.25, 0.3) is 0 Å². The summed E-state index contributed by atoms with van der Waals surface area (Å²) in [5.41, 5.74) is 0. The zero-order valence-corrected chi connectivity index (χ0v) is 6.01. The van der Waals surface area contributed by atoms with E-state index in [9.17, 15) is 0 Å². The van der Waals surface area contributed by atoms with Crippen molar-refractivity contribution in [3.8, 4) is 0 Å². The van der Waals surface area contributed by atoms with Crippen LogP contribution >= 0.6 is 0 Å². The second-order valence-electron chi connectivity index (χ2n) is 0. The molecule has 0 aliphatic rings. The maximum atomic E-state index is 6.56. The summed E-state index contributed by atoms with van der Waals surface area (Å²) in [6.07, 6.45) is 0. The summed E-state index contributed by atoms with van der Waals surface area (Å²) in [4.78, 5) is 0. The average Bonchev–Trinajstić information content (AvgIpc) is 1.00. The SMILES string of the molecule is [Fe].[Mn].[Ni].[OH][Cu]. The van der Waals surface area contributed by atoms with Crippen LogP contribution in [-0.4, -0.2) is 4.19 Å². The summed E-state index contributed by atoms with van der Waals surface area (Å²) < 4.78 is 6.56. The predicted molar refractivity (Wildman–Crippen MR) is 2.22 cm³/mol. The Kier molecular flexibility index (Phi) is 208. The van der Waals surface area contributed by atoms with Crippen LogP contribution in [0.2, 0.25) is 0 Å². The van der Waals surface area contributed by atoms with E-state index >= 15 is 0 Å². The fraction of sp³-hybridized carbons (Fsp3) is 0. The molecule has 1 N–H and O–H groups in total. The van der Waals surface area contributed by atoms with Crippen LogP contribution in [0.4, 0.5) is 0 Å². The zero-order valence-electron chi connectivity index (χ0n) is 1.80. The van der Waals surface area contributed by atoms with Gasteiger partial charge in [-0.3, -0.25) is 0 Å². The molecule has 1 nitrogen and oxygen atoms in total. The first-order valence-electron chi connectivity index (χ1n) is 0.135. The molecule has 43 valence electrons. The standard InChI is InChI=1S/Cu.Fe.Mn.Ni.H2O/h;;;;1H2/q+1;;;;/p-1. The molecule has 0 aromatic carbocycles. The van der Waals surface area contributed by atoms with Crippen molar-refractivity contribution in [2.45, 2.75) is 0 Å². The fourth-order valence-electron chi connectivity index (χ4n) is 0. The van der Waals surface area contributed by atoms with E-state index in [1.165, 1.54) is 0 Å². The van der Waals surface area contributed by atoms with E-state index in [0.29, 0.717) is 0 Å². The van der Waals surface area contributed by atoms with Gasteiger partial charge in [0.15, 0.2) is 0 Å². The molecule has 0 rings (SSSR count). The number of hydrogen-bond donors (Lipinski definition) is 1. The number of hydrogen-bond acceptors (Lipinski definition) is 1. The van der Waals surface area contributed by atoms with Crippen molar-refractivity contribution in [3.05, 3.63) is 0 Å². The molecule has 0 saturated carbocycles. The van der Waals surface area contributed by atoms with Gasteiger partial charge in [0.2, 0.25) is 0 Å². The first-order chi connectivity index (χ1) is 1.00. The predicted octanol–water partition coefficient (Wildman–Crippen LogP) is -0.567. The van der Waals surface area contributed by atoms with E-state index < -0.39 is 0 Å². The summed E-state index contributed by atoms with van der Waals surface area (Å²) in [5, 5.41) is 0. The molecule has 5 heavy (non-hydrogen) atoms. The molecule has 0 saturated heterocycles. The van der Waals surface area contributed by atoms with E-state index in [1.807, 2.05) is 0 Å². The van der Waals surface area contributed by atoms with Crippen LogP contribution in [0, 0.1) is 0 Å². The van der Waals surface area contributed by atoms with Crippen LogP contribution in [0.5, 0.6) is 0 Å². The van der Waals surface area contributed by atoms with E-state index in [4.69, 9.17) is 4.19 Å². The van der Waals surface area contributed by atoms with Crippen molar-refractivity contribution in [2.24, 2.45) is 0 Å². The van der Waals surface area contributed by atoms with Crippen molar-refractivity contribution in [1.29, 1.82) is 0 Å². The van der Waals surface area contributed by atoms with Gasteiger partial charge in [-0.25, -0.2) is 0 Å². The molecule has 0 spiro atoms. The van der Waals surface area contributed by atoms with Crippen LogP contribution in [0.25, 0.3) is 0 Å². The van der Waals surface area contributed by atoms with E-state index in [2.05, 4.69) is 16.3 Å². The summed E-state index contributed by atoms with van der Waals surface area (Å²) in [6.45, 7) is 0. The van der Waals surface area contributed by atoms with Gasteiger partial charge in [-0.15, -0.1) is 0 Å². The van der Waals surface area contributed by atoms with Crippen molar-refractivity contribution in [2.75, 3.05) is 0 Å². The quantitative estimate of drug-likeness (QED) is 0.571. The van der Waals surface area contributed by atoms with Gasteiger partial charge < -0.3 is 0 Å². The van der Waals surface area contributed by atoms with Crippen molar-refractivity contribution < 1.29 is 71.2 Å². The third-order valence-electron chi connectivity index (χ3n) is 0. The van der Waals surface area contributed by atoms with E-state index in [1.54, 1.807) is 0 Å². The minimum absolute atomic E-state index is 0. The van der Waals surface area contributed by atoms with Gasteiger partial charge in [-0.1, -0.05) is 0 Å². The second kappa shape index (κ2) is 37.3. The Morgan fingerprint density at radius 1 is 1.20 bits per heavy atom. The van der Waals surface area contributed by atoms with Gasteiger partial charge in [-0.05, 0) is 0 Å². The van der Waals surface area contributed by atoms with Crippen LogP contribution in [0.3, 0.4) is 0 Å². The molecule has 0 bridgehead atoms. The Labute approximate surface area is 70.7 Å². The van der Waals surface area contributed by atoms with Gasteiger partial charge in [0, 0.05) is 50.6 Å². The maximum absolute atomic E-state index is 6.56. The third-order valence-corrected chi connectivity index (χ3v) is 0. The second-order valence-corrected chi connectivity index (χ2v) is 0. The van der Waals surface area contributed by atoms with Crippen LogP contribution < -0.4 is 0 Å². The molecule has 0 aromatic heterocycles. The first kappa shape index (κ1) is 27.9. The Balaban J connectivity index is -0.00000000167. The Hall–Kier alpha value is 2.01. The molecule has 0 amide bonds. The van der Waals surface area contributed by atoms with E-state index in [-0.39, 0.29) is 50.6 Å². The van der Waals surface area contributed by atoms with Gasteiger partial charge in [-0.2, -0.15) is 0 Å². The molecule has 0 aromatic rings.